The minimum absolute atomic E-state index is 0.855. The van der Waals surface area contributed by atoms with Crippen LogP contribution in [0.3, 0.4) is 0 Å². The van der Waals surface area contributed by atoms with Crippen LogP contribution in [0.25, 0.3) is 33.5 Å². The fourth-order valence-electron chi connectivity index (χ4n) is 3.46. The zero-order chi connectivity index (χ0) is 17.3. The van der Waals surface area contributed by atoms with E-state index in [-0.39, 0.29) is 0 Å². The van der Waals surface area contributed by atoms with E-state index < -0.39 is 0 Å². The van der Waals surface area contributed by atoms with Gasteiger partial charge in [0.2, 0.25) is 0 Å². The third kappa shape index (κ3) is 2.60. The average molecular weight is 342 g/mol. The lowest BCUT2D eigenvalue weighted by Crippen LogP contribution is -2.18. The topological polar surface area (TPSA) is 70.6 Å². The second-order valence-electron chi connectivity index (χ2n) is 6.50. The van der Waals surface area contributed by atoms with Crippen molar-refractivity contribution >= 4 is 16.7 Å². The molecule has 0 bridgehead atoms. The van der Waals surface area contributed by atoms with Crippen LogP contribution in [0.1, 0.15) is 12.8 Å². The second-order valence-corrected chi connectivity index (χ2v) is 6.50. The van der Waals surface area contributed by atoms with Gasteiger partial charge in [-0.1, -0.05) is 6.07 Å². The van der Waals surface area contributed by atoms with Gasteiger partial charge in [-0.15, -0.1) is 0 Å². The Morgan fingerprint density at radius 2 is 1.88 bits per heavy atom. The summed E-state index contributed by atoms with van der Waals surface area (Å²) in [6, 6.07) is 12.1. The molecule has 1 saturated heterocycles. The highest BCUT2D eigenvalue weighted by molar-refractivity contribution is 5.93. The molecule has 1 aliphatic heterocycles. The van der Waals surface area contributed by atoms with E-state index >= 15 is 0 Å². The van der Waals surface area contributed by atoms with Crippen LogP contribution in [0.4, 0.5) is 5.82 Å². The molecule has 0 aliphatic carbocycles. The minimum Gasteiger partial charge on any atom is -0.357 e. The van der Waals surface area contributed by atoms with E-state index in [0.29, 0.717) is 0 Å². The van der Waals surface area contributed by atoms with Gasteiger partial charge in [-0.25, -0.2) is 4.98 Å². The van der Waals surface area contributed by atoms with E-state index in [1.165, 1.54) is 12.8 Å². The molecule has 1 aliphatic rings. The number of rotatable bonds is 3. The molecule has 0 radical (unpaired) electrons. The van der Waals surface area contributed by atoms with Crippen molar-refractivity contribution in [2.24, 2.45) is 0 Å². The first-order valence-corrected chi connectivity index (χ1v) is 8.85. The SMILES string of the molecule is c1cncc(-c2cc3c(-c4cccc(N5CCCC5)n4)n[nH]c3cn2)c1. The third-order valence-corrected chi connectivity index (χ3v) is 4.81. The van der Waals surface area contributed by atoms with Gasteiger partial charge >= 0.3 is 0 Å². The highest BCUT2D eigenvalue weighted by Crippen LogP contribution is 2.29. The van der Waals surface area contributed by atoms with Gasteiger partial charge in [-0.05, 0) is 43.2 Å². The number of aromatic nitrogens is 5. The molecule has 4 aromatic rings. The Labute approximate surface area is 150 Å². The van der Waals surface area contributed by atoms with Gasteiger partial charge in [0.25, 0.3) is 0 Å². The molecule has 128 valence electrons. The highest BCUT2D eigenvalue weighted by atomic mass is 15.2. The molecule has 4 aromatic heterocycles. The molecule has 0 amide bonds. The Bertz CT molecular complexity index is 1050. The van der Waals surface area contributed by atoms with Gasteiger partial charge in [0.15, 0.2) is 0 Å². The fourth-order valence-corrected chi connectivity index (χ4v) is 3.46. The predicted octanol–water partition coefficient (Wildman–Crippen LogP) is 3.68. The monoisotopic (exact) mass is 342 g/mol. The average Bonchev–Trinajstić information content (AvgIpc) is 3.38. The summed E-state index contributed by atoms with van der Waals surface area (Å²) in [6.07, 6.45) is 7.87. The van der Waals surface area contributed by atoms with Crippen LogP contribution in [-0.2, 0) is 0 Å². The number of pyridine rings is 3. The zero-order valence-corrected chi connectivity index (χ0v) is 14.3. The largest absolute Gasteiger partial charge is 0.357 e. The van der Waals surface area contributed by atoms with E-state index in [1.807, 2.05) is 30.6 Å². The first-order valence-electron chi connectivity index (χ1n) is 8.85. The summed E-state index contributed by atoms with van der Waals surface area (Å²) in [5, 5.41) is 8.60. The Morgan fingerprint density at radius 1 is 0.962 bits per heavy atom. The van der Waals surface area contributed by atoms with Gasteiger partial charge in [0.1, 0.15) is 11.5 Å². The van der Waals surface area contributed by atoms with Crippen molar-refractivity contribution in [2.75, 3.05) is 18.0 Å². The number of nitrogens with zero attached hydrogens (tertiary/aromatic N) is 5. The van der Waals surface area contributed by atoms with Crippen molar-refractivity contribution in [1.82, 2.24) is 25.1 Å². The van der Waals surface area contributed by atoms with Gasteiger partial charge in [0.05, 0.1) is 23.1 Å². The predicted molar refractivity (Wildman–Crippen MR) is 102 cm³/mol. The van der Waals surface area contributed by atoms with Gasteiger partial charge in [0, 0.05) is 36.4 Å². The lowest BCUT2D eigenvalue weighted by Gasteiger charge is -2.16. The lowest BCUT2D eigenvalue weighted by molar-refractivity contribution is 0.938. The summed E-state index contributed by atoms with van der Waals surface area (Å²) in [7, 11) is 0. The van der Waals surface area contributed by atoms with E-state index in [0.717, 1.165) is 52.5 Å². The maximum atomic E-state index is 4.86. The Morgan fingerprint density at radius 3 is 2.73 bits per heavy atom. The molecule has 0 spiro atoms. The minimum atomic E-state index is 0.855. The van der Waals surface area contributed by atoms with Crippen molar-refractivity contribution in [3.63, 3.8) is 0 Å². The highest BCUT2D eigenvalue weighted by Gasteiger charge is 2.16. The molecule has 6 heteroatoms. The van der Waals surface area contributed by atoms with E-state index in [4.69, 9.17) is 4.98 Å². The normalized spacial score (nSPS) is 14.2. The Hall–Kier alpha value is -3.28. The van der Waals surface area contributed by atoms with E-state index in [9.17, 15) is 0 Å². The molecule has 5 heterocycles. The van der Waals surface area contributed by atoms with Crippen LogP contribution in [-0.4, -0.2) is 38.2 Å². The summed E-state index contributed by atoms with van der Waals surface area (Å²) >= 11 is 0. The van der Waals surface area contributed by atoms with Gasteiger partial charge < -0.3 is 4.90 Å². The number of nitrogens with one attached hydrogen (secondary N) is 1. The number of fused-ring (bicyclic) bond motifs is 1. The summed E-state index contributed by atoms with van der Waals surface area (Å²) in [5.41, 5.74) is 4.50. The first kappa shape index (κ1) is 15.0. The van der Waals surface area contributed by atoms with Gasteiger partial charge in [-0.3, -0.25) is 15.1 Å². The lowest BCUT2D eigenvalue weighted by atomic mass is 10.1. The molecule has 6 nitrogen and oxygen atoms in total. The van der Waals surface area contributed by atoms with Crippen LogP contribution in [0.15, 0.2) is 55.0 Å². The number of aromatic amines is 1. The quantitative estimate of drug-likeness (QED) is 0.615. The summed E-state index contributed by atoms with van der Waals surface area (Å²) < 4.78 is 0. The Balaban J connectivity index is 1.60. The van der Waals surface area contributed by atoms with Crippen LogP contribution in [0, 0.1) is 0 Å². The standard InChI is InChI=1S/C20H18N6/c1-2-10-26(9-1)19-7-3-6-16(23-19)20-15-11-17(14-5-4-8-21-12-14)22-13-18(15)24-25-20/h3-8,11-13H,1-2,9-10H2,(H,24,25). The molecule has 1 fully saturated rings. The van der Waals surface area contributed by atoms with E-state index in [2.05, 4.69) is 43.3 Å². The molecule has 26 heavy (non-hydrogen) atoms. The number of anilines is 1. The van der Waals surface area contributed by atoms with Crippen molar-refractivity contribution in [2.45, 2.75) is 12.8 Å². The van der Waals surface area contributed by atoms with Crippen molar-refractivity contribution in [3.8, 4) is 22.6 Å². The molecule has 5 rings (SSSR count). The second kappa shape index (κ2) is 6.22. The molecular formula is C20H18N6. The molecule has 0 atom stereocenters. The van der Waals surface area contributed by atoms with Gasteiger partial charge in [-0.2, -0.15) is 5.10 Å². The van der Waals surface area contributed by atoms with Crippen LogP contribution in [0.5, 0.6) is 0 Å². The Kier molecular flexibility index (Phi) is 3.59. The molecule has 0 saturated carbocycles. The third-order valence-electron chi connectivity index (χ3n) is 4.81. The molecule has 1 N–H and O–H groups in total. The molecular weight excluding hydrogens is 324 g/mol. The first-order chi connectivity index (χ1) is 12.9. The van der Waals surface area contributed by atoms with Crippen LogP contribution >= 0.6 is 0 Å². The fraction of sp³-hybridized carbons (Fsp3) is 0.200. The molecule has 0 unspecified atom stereocenters. The van der Waals surface area contributed by atoms with Crippen LogP contribution in [0.2, 0.25) is 0 Å². The number of hydrogen-bond acceptors (Lipinski definition) is 5. The maximum Gasteiger partial charge on any atom is 0.129 e. The van der Waals surface area contributed by atoms with Crippen molar-refractivity contribution in [3.05, 3.63) is 55.0 Å². The number of hydrogen-bond donors (Lipinski definition) is 1. The summed E-state index contributed by atoms with van der Waals surface area (Å²) in [6.45, 7) is 2.15. The van der Waals surface area contributed by atoms with Crippen molar-refractivity contribution in [1.29, 1.82) is 0 Å². The van der Waals surface area contributed by atoms with Crippen LogP contribution < -0.4 is 4.90 Å². The summed E-state index contributed by atoms with van der Waals surface area (Å²) in [5.74, 6) is 1.03. The smallest absolute Gasteiger partial charge is 0.129 e. The zero-order valence-electron chi connectivity index (χ0n) is 14.3. The van der Waals surface area contributed by atoms with Crippen molar-refractivity contribution < 1.29 is 0 Å². The number of H-pyrrole nitrogens is 1. The van der Waals surface area contributed by atoms with E-state index in [1.54, 1.807) is 6.20 Å². The maximum absolute atomic E-state index is 4.86. The summed E-state index contributed by atoms with van der Waals surface area (Å²) in [4.78, 5) is 15.9. The molecule has 0 aromatic carbocycles.